The van der Waals surface area contributed by atoms with Gasteiger partial charge in [0.15, 0.2) is 0 Å². The summed E-state index contributed by atoms with van der Waals surface area (Å²) in [6.45, 7) is 9.80. The third-order valence-electron chi connectivity index (χ3n) is 13.4. The third-order valence-corrected chi connectivity index (χ3v) is 14.6. The van der Waals surface area contributed by atoms with Crippen LogP contribution in [0.15, 0.2) is 158 Å². The van der Waals surface area contributed by atoms with Gasteiger partial charge in [0.2, 0.25) is 0 Å². The van der Waals surface area contributed by atoms with Gasteiger partial charge in [-0.3, -0.25) is 0 Å². The number of para-hydroxylation sites is 3. The van der Waals surface area contributed by atoms with Crippen molar-refractivity contribution in [3.63, 3.8) is 0 Å². The first-order chi connectivity index (χ1) is 27.8. The minimum absolute atomic E-state index is 0.0787. The molecule has 57 heavy (non-hydrogen) atoms. The summed E-state index contributed by atoms with van der Waals surface area (Å²) >= 11 is 1.97. The molecule has 0 unspecified atom stereocenters. The Morgan fingerprint density at radius 3 is 1.84 bits per heavy atom. The molecular formula is C52H42BN3S. The predicted molar refractivity (Wildman–Crippen MR) is 245 cm³/mol. The van der Waals surface area contributed by atoms with Crippen molar-refractivity contribution >= 4 is 99.8 Å². The Bertz CT molecular complexity index is 3060. The minimum Gasteiger partial charge on any atom is -0.311 e. The summed E-state index contributed by atoms with van der Waals surface area (Å²) in [5.41, 5.74) is 17.0. The van der Waals surface area contributed by atoms with Crippen LogP contribution in [0.3, 0.4) is 0 Å². The van der Waals surface area contributed by atoms with E-state index >= 15 is 0 Å². The molecule has 2 aliphatic heterocycles. The van der Waals surface area contributed by atoms with Crippen molar-refractivity contribution < 1.29 is 0 Å². The van der Waals surface area contributed by atoms with Crippen molar-refractivity contribution in [2.45, 2.75) is 51.4 Å². The lowest BCUT2D eigenvalue weighted by atomic mass is 9.36. The molecule has 4 heterocycles. The van der Waals surface area contributed by atoms with Crippen LogP contribution in [-0.4, -0.2) is 11.3 Å². The molecule has 0 saturated heterocycles. The molecule has 274 valence electrons. The molecule has 3 aliphatic rings. The zero-order valence-electron chi connectivity index (χ0n) is 32.8. The molecular weight excluding hydrogens is 709 g/mol. The van der Waals surface area contributed by atoms with Crippen molar-refractivity contribution in [1.29, 1.82) is 0 Å². The fraction of sp³-hybridized carbons (Fsp3) is 0.154. The molecule has 0 N–H and O–H groups in total. The number of hydrogen-bond donors (Lipinski definition) is 0. The van der Waals surface area contributed by atoms with Crippen LogP contribution in [0.25, 0.3) is 37.6 Å². The molecule has 0 saturated carbocycles. The van der Waals surface area contributed by atoms with Gasteiger partial charge in [-0.2, -0.15) is 0 Å². The van der Waals surface area contributed by atoms with Gasteiger partial charge >= 0.3 is 0 Å². The number of anilines is 6. The summed E-state index contributed by atoms with van der Waals surface area (Å²) in [5, 5.41) is 3.87. The van der Waals surface area contributed by atoms with Crippen molar-refractivity contribution in [3.8, 4) is 5.69 Å². The number of nitrogens with zero attached hydrogens (tertiary/aromatic N) is 3. The van der Waals surface area contributed by atoms with Crippen LogP contribution in [0.2, 0.25) is 0 Å². The van der Waals surface area contributed by atoms with Gasteiger partial charge in [-0.25, -0.2) is 0 Å². The number of rotatable bonds is 3. The molecule has 0 radical (unpaired) electrons. The van der Waals surface area contributed by atoms with E-state index in [0.717, 1.165) is 5.69 Å². The lowest BCUT2D eigenvalue weighted by Crippen LogP contribution is -2.60. The summed E-state index contributed by atoms with van der Waals surface area (Å²) in [5.74, 6) is 0. The van der Waals surface area contributed by atoms with E-state index in [9.17, 15) is 0 Å². The van der Waals surface area contributed by atoms with Crippen molar-refractivity contribution in [2.24, 2.45) is 0 Å². The number of thiophene rings is 1. The maximum absolute atomic E-state index is 2.61. The number of fused-ring (bicyclic) bond motifs is 10. The van der Waals surface area contributed by atoms with Crippen LogP contribution in [0, 0.1) is 0 Å². The van der Waals surface area contributed by atoms with Gasteiger partial charge in [-0.05, 0) is 112 Å². The van der Waals surface area contributed by atoms with Crippen LogP contribution < -0.4 is 25.5 Å². The first-order valence-corrected chi connectivity index (χ1v) is 21.2. The van der Waals surface area contributed by atoms with Gasteiger partial charge < -0.3 is 14.4 Å². The fourth-order valence-electron chi connectivity index (χ4n) is 10.5. The molecule has 3 nitrogen and oxygen atoms in total. The van der Waals surface area contributed by atoms with Gasteiger partial charge in [-0.15, -0.1) is 11.3 Å². The summed E-state index contributed by atoms with van der Waals surface area (Å²) in [6.07, 6.45) is 2.39. The number of benzene rings is 7. The molecule has 12 rings (SSSR count). The maximum atomic E-state index is 2.61. The highest BCUT2D eigenvalue weighted by Gasteiger charge is 2.46. The SMILES string of the molecule is CC1(C)CCC(C)(C)c2cc(N3c4cccc5c4B(c4ccc(-n6c7ccccc7c7ccccc76)cc4N5c4ccccc4)c4sc5ccccc5c43)ccc21. The smallest absolute Gasteiger partial charge is 0.264 e. The molecule has 2 aromatic heterocycles. The van der Waals surface area contributed by atoms with Crippen LogP contribution in [0.5, 0.6) is 0 Å². The molecule has 0 fully saturated rings. The molecule has 7 aromatic carbocycles. The van der Waals surface area contributed by atoms with E-state index in [1.54, 1.807) is 0 Å². The topological polar surface area (TPSA) is 11.4 Å². The quantitative estimate of drug-likeness (QED) is 0.167. The van der Waals surface area contributed by atoms with Crippen molar-refractivity contribution in [2.75, 3.05) is 9.80 Å². The van der Waals surface area contributed by atoms with E-state index in [2.05, 4.69) is 200 Å². The van der Waals surface area contributed by atoms with E-state index < -0.39 is 0 Å². The molecule has 0 bridgehead atoms. The predicted octanol–water partition coefficient (Wildman–Crippen LogP) is 12.4. The standard InChI is InChI=1S/C52H42BN3S/c1-51(2)29-30-52(3,4)40-31-34(25-27-39(40)51)56-45-23-14-22-44-48(45)53(50-49(56)38-19-10-13-24-47(38)57-50)41-28-26-35(32-46(41)54(44)33-15-6-5-7-16-33)55-42-20-11-8-17-36(42)37-18-9-12-21-43(37)55/h5-28,31-32H,29-30H2,1-4H3. The zero-order valence-corrected chi connectivity index (χ0v) is 33.6. The van der Waals surface area contributed by atoms with Gasteiger partial charge in [0.25, 0.3) is 6.71 Å². The fourth-order valence-corrected chi connectivity index (χ4v) is 11.8. The van der Waals surface area contributed by atoms with Gasteiger partial charge in [0.05, 0.1) is 16.7 Å². The second-order valence-corrected chi connectivity index (χ2v) is 18.7. The number of hydrogen-bond acceptors (Lipinski definition) is 3. The lowest BCUT2D eigenvalue weighted by Gasteiger charge is -2.44. The van der Waals surface area contributed by atoms with E-state index in [1.807, 2.05) is 11.3 Å². The second kappa shape index (κ2) is 11.8. The Balaban J connectivity index is 1.15. The van der Waals surface area contributed by atoms with Gasteiger partial charge in [-0.1, -0.05) is 119 Å². The Kier molecular flexibility index (Phi) is 6.83. The van der Waals surface area contributed by atoms with E-state index in [4.69, 9.17) is 0 Å². The Morgan fingerprint density at radius 2 is 1.11 bits per heavy atom. The second-order valence-electron chi connectivity index (χ2n) is 17.6. The molecule has 5 heteroatoms. The van der Waals surface area contributed by atoms with Crippen LogP contribution in [0.4, 0.5) is 34.1 Å². The number of aromatic nitrogens is 1. The normalized spacial score (nSPS) is 16.1. The zero-order chi connectivity index (χ0) is 38.2. The Labute approximate surface area is 338 Å². The van der Waals surface area contributed by atoms with E-state index in [0.29, 0.717) is 0 Å². The molecule has 1 aliphatic carbocycles. The molecule has 0 spiro atoms. The highest BCUT2D eigenvalue weighted by molar-refractivity contribution is 7.33. The maximum Gasteiger partial charge on any atom is 0.264 e. The van der Waals surface area contributed by atoms with Gasteiger partial charge in [0.1, 0.15) is 0 Å². The third kappa shape index (κ3) is 4.61. The van der Waals surface area contributed by atoms with E-state index in [1.165, 1.54) is 106 Å². The summed E-state index contributed by atoms with van der Waals surface area (Å²) in [6, 6.07) is 59.3. The molecule has 0 amide bonds. The lowest BCUT2D eigenvalue weighted by molar-refractivity contribution is 0.332. The van der Waals surface area contributed by atoms with Crippen LogP contribution >= 0.6 is 11.3 Å². The summed E-state index contributed by atoms with van der Waals surface area (Å²) in [7, 11) is 0. The minimum atomic E-state index is 0.0787. The monoisotopic (exact) mass is 751 g/mol. The first-order valence-electron chi connectivity index (χ1n) is 20.4. The summed E-state index contributed by atoms with van der Waals surface area (Å²) < 4.78 is 5.19. The largest absolute Gasteiger partial charge is 0.311 e. The van der Waals surface area contributed by atoms with E-state index in [-0.39, 0.29) is 17.5 Å². The van der Waals surface area contributed by atoms with Crippen molar-refractivity contribution in [1.82, 2.24) is 4.57 Å². The van der Waals surface area contributed by atoms with Crippen molar-refractivity contribution in [3.05, 3.63) is 169 Å². The van der Waals surface area contributed by atoms with Crippen LogP contribution in [0.1, 0.15) is 51.7 Å². The highest BCUT2D eigenvalue weighted by Crippen LogP contribution is 2.51. The average Bonchev–Trinajstić information content (AvgIpc) is 3.79. The highest BCUT2D eigenvalue weighted by atomic mass is 32.1. The van der Waals surface area contributed by atoms with Crippen LogP contribution in [-0.2, 0) is 10.8 Å². The van der Waals surface area contributed by atoms with Gasteiger partial charge in [0, 0.05) is 59.8 Å². The Morgan fingerprint density at radius 1 is 0.491 bits per heavy atom. The summed E-state index contributed by atoms with van der Waals surface area (Å²) in [4.78, 5) is 5.14. The molecule has 9 aromatic rings. The Hall–Kier alpha value is -6.04. The molecule has 0 atom stereocenters. The first kappa shape index (κ1) is 33.1. The average molecular weight is 752 g/mol.